The van der Waals surface area contributed by atoms with Crippen molar-refractivity contribution in [3.63, 3.8) is 0 Å². The molecule has 1 aliphatic rings. The summed E-state index contributed by atoms with van der Waals surface area (Å²) in [4.78, 5) is 16.5. The molecule has 0 aliphatic carbocycles. The van der Waals surface area contributed by atoms with E-state index in [0.717, 1.165) is 35.9 Å². The number of carbonyl (C=O) groups excluding carboxylic acids is 1. The Morgan fingerprint density at radius 1 is 1.13 bits per heavy atom. The SMILES string of the molecule is Cc1cccc2nnc(N3CCN(C(=O)c4ccsc4)CC3)n12. The predicted molar refractivity (Wildman–Crippen MR) is 90.2 cm³/mol. The molecule has 6 nitrogen and oxygen atoms in total. The summed E-state index contributed by atoms with van der Waals surface area (Å²) in [7, 11) is 0. The van der Waals surface area contributed by atoms with Crippen LogP contribution in [0, 0.1) is 6.92 Å². The van der Waals surface area contributed by atoms with Crippen LogP contribution in [-0.4, -0.2) is 51.6 Å². The van der Waals surface area contributed by atoms with Gasteiger partial charge in [0.2, 0.25) is 5.95 Å². The average Bonchev–Trinajstić information content (AvgIpc) is 3.25. The zero-order valence-electron chi connectivity index (χ0n) is 12.8. The van der Waals surface area contributed by atoms with Crippen LogP contribution in [0.1, 0.15) is 16.1 Å². The third kappa shape index (κ3) is 2.46. The maximum atomic E-state index is 12.4. The molecule has 4 rings (SSSR count). The molecule has 3 aromatic heterocycles. The van der Waals surface area contributed by atoms with Gasteiger partial charge >= 0.3 is 0 Å². The number of pyridine rings is 1. The number of hydrogen-bond acceptors (Lipinski definition) is 5. The molecule has 118 valence electrons. The van der Waals surface area contributed by atoms with Gasteiger partial charge in [-0.2, -0.15) is 11.3 Å². The molecule has 0 spiro atoms. The van der Waals surface area contributed by atoms with Crippen LogP contribution in [0.4, 0.5) is 5.95 Å². The van der Waals surface area contributed by atoms with E-state index in [1.807, 2.05) is 33.9 Å². The number of aryl methyl sites for hydroxylation is 1. The highest BCUT2D eigenvalue weighted by atomic mass is 32.1. The van der Waals surface area contributed by atoms with Gasteiger partial charge in [-0.1, -0.05) is 6.07 Å². The van der Waals surface area contributed by atoms with E-state index in [2.05, 4.69) is 32.5 Å². The molecule has 1 amide bonds. The summed E-state index contributed by atoms with van der Waals surface area (Å²) in [5.74, 6) is 0.980. The van der Waals surface area contributed by atoms with E-state index in [0.29, 0.717) is 13.1 Å². The monoisotopic (exact) mass is 327 g/mol. The highest BCUT2D eigenvalue weighted by Gasteiger charge is 2.25. The molecule has 0 unspecified atom stereocenters. The molecule has 0 atom stereocenters. The fraction of sp³-hybridized carbons (Fsp3) is 0.312. The number of aromatic nitrogens is 3. The lowest BCUT2D eigenvalue weighted by molar-refractivity contribution is 0.0746. The van der Waals surface area contributed by atoms with E-state index in [-0.39, 0.29) is 5.91 Å². The molecule has 0 aromatic carbocycles. The lowest BCUT2D eigenvalue weighted by atomic mass is 10.2. The van der Waals surface area contributed by atoms with Gasteiger partial charge in [0.25, 0.3) is 5.91 Å². The summed E-state index contributed by atoms with van der Waals surface area (Å²) in [6.07, 6.45) is 0. The third-order valence-electron chi connectivity index (χ3n) is 4.22. The minimum atomic E-state index is 0.119. The molecule has 0 saturated carbocycles. The summed E-state index contributed by atoms with van der Waals surface area (Å²) in [5, 5.41) is 12.4. The van der Waals surface area contributed by atoms with Crippen molar-refractivity contribution >= 4 is 28.8 Å². The van der Waals surface area contributed by atoms with E-state index in [9.17, 15) is 4.79 Å². The molecular formula is C16H17N5OS. The minimum Gasteiger partial charge on any atom is -0.337 e. The Labute approximate surface area is 138 Å². The Morgan fingerprint density at radius 2 is 1.96 bits per heavy atom. The number of piperazine rings is 1. The van der Waals surface area contributed by atoms with Crippen LogP contribution in [0.3, 0.4) is 0 Å². The van der Waals surface area contributed by atoms with E-state index >= 15 is 0 Å². The minimum absolute atomic E-state index is 0.119. The van der Waals surface area contributed by atoms with Crippen LogP contribution in [0.2, 0.25) is 0 Å². The molecule has 23 heavy (non-hydrogen) atoms. The molecule has 4 heterocycles. The summed E-state index contributed by atoms with van der Waals surface area (Å²) in [6.45, 7) is 5.00. The molecule has 0 N–H and O–H groups in total. The number of carbonyl (C=O) groups is 1. The quantitative estimate of drug-likeness (QED) is 0.723. The maximum Gasteiger partial charge on any atom is 0.254 e. The van der Waals surface area contributed by atoms with Gasteiger partial charge in [-0.15, -0.1) is 10.2 Å². The standard InChI is InChI=1S/C16H17N5OS/c1-12-3-2-4-14-17-18-16(21(12)14)20-8-6-19(7-9-20)15(22)13-5-10-23-11-13/h2-5,10-11H,6-9H2,1H3. The lowest BCUT2D eigenvalue weighted by Gasteiger charge is -2.34. The molecule has 0 bridgehead atoms. The van der Waals surface area contributed by atoms with E-state index in [1.54, 1.807) is 11.3 Å². The summed E-state index contributed by atoms with van der Waals surface area (Å²) in [5.41, 5.74) is 2.75. The van der Waals surface area contributed by atoms with Gasteiger partial charge in [0.15, 0.2) is 5.65 Å². The van der Waals surface area contributed by atoms with Crippen LogP contribution < -0.4 is 4.90 Å². The Hall–Kier alpha value is -2.41. The van der Waals surface area contributed by atoms with E-state index in [4.69, 9.17) is 0 Å². The maximum absolute atomic E-state index is 12.4. The van der Waals surface area contributed by atoms with Gasteiger partial charge in [0.1, 0.15) is 0 Å². The second kappa shape index (κ2) is 5.66. The Kier molecular flexibility index (Phi) is 3.49. The number of hydrogen-bond donors (Lipinski definition) is 0. The van der Waals surface area contributed by atoms with Crippen molar-refractivity contribution in [2.75, 3.05) is 31.1 Å². The highest BCUT2D eigenvalue weighted by molar-refractivity contribution is 7.08. The van der Waals surface area contributed by atoms with Crippen molar-refractivity contribution in [1.29, 1.82) is 0 Å². The van der Waals surface area contributed by atoms with Gasteiger partial charge in [-0.05, 0) is 30.5 Å². The third-order valence-corrected chi connectivity index (χ3v) is 4.91. The van der Waals surface area contributed by atoms with Crippen molar-refractivity contribution in [3.05, 3.63) is 46.3 Å². The van der Waals surface area contributed by atoms with Crippen LogP contribution in [0.25, 0.3) is 5.65 Å². The Morgan fingerprint density at radius 3 is 2.70 bits per heavy atom. The summed E-state index contributed by atoms with van der Waals surface area (Å²) >= 11 is 1.55. The molecule has 3 aromatic rings. The first-order chi connectivity index (χ1) is 11.2. The van der Waals surface area contributed by atoms with E-state index < -0.39 is 0 Å². The van der Waals surface area contributed by atoms with Crippen molar-refractivity contribution in [3.8, 4) is 0 Å². The van der Waals surface area contributed by atoms with Crippen molar-refractivity contribution in [2.24, 2.45) is 0 Å². The van der Waals surface area contributed by atoms with Crippen LogP contribution >= 0.6 is 11.3 Å². The topological polar surface area (TPSA) is 53.7 Å². The van der Waals surface area contributed by atoms with Gasteiger partial charge in [0, 0.05) is 37.3 Å². The number of nitrogens with zero attached hydrogens (tertiary/aromatic N) is 5. The van der Waals surface area contributed by atoms with Crippen molar-refractivity contribution in [2.45, 2.75) is 6.92 Å². The fourth-order valence-corrected chi connectivity index (χ4v) is 3.59. The van der Waals surface area contributed by atoms with Gasteiger partial charge in [-0.3, -0.25) is 9.20 Å². The molecule has 1 fully saturated rings. The molecule has 0 radical (unpaired) electrons. The second-order valence-corrected chi connectivity index (χ2v) is 6.43. The zero-order valence-corrected chi connectivity index (χ0v) is 13.7. The first-order valence-electron chi connectivity index (χ1n) is 7.61. The highest BCUT2D eigenvalue weighted by Crippen LogP contribution is 2.19. The van der Waals surface area contributed by atoms with Crippen LogP contribution in [0.5, 0.6) is 0 Å². The summed E-state index contributed by atoms with van der Waals surface area (Å²) in [6, 6.07) is 7.88. The smallest absolute Gasteiger partial charge is 0.254 e. The molecular weight excluding hydrogens is 310 g/mol. The Balaban J connectivity index is 1.52. The Bertz CT molecular complexity index is 833. The largest absolute Gasteiger partial charge is 0.337 e. The fourth-order valence-electron chi connectivity index (χ4n) is 2.97. The summed E-state index contributed by atoms with van der Waals surface area (Å²) < 4.78 is 2.07. The van der Waals surface area contributed by atoms with Crippen LogP contribution in [-0.2, 0) is 0 Å². The van der Waals surface area contributed by atoms with Crippen molar-refractivity contribution in [1.82, 2.24) is 19.5 Å². The number of rotatable bonds is 2. The second-order valence-electron chi connectivity index (χ2n) is 5.65. The lowest BCUT2D eigenvalue weighted by Crippen LogP contribution is -2.49. The molecule has 1 aliphatic heterocycles. The molecule has 1 saturated heterocycles. The van der Waals surface area contributed by atoms with Crippen LogP contribution in [0.15, 0.2) is 35.0 Å². The number of fused-ring (bicyclic) bond motifs is 1. The first-order valence-corrected chi connectivity index (χ1v) is 8.55. The predicted octanol–water partition coefficient (Wildman–Crippen LogP) is 2.06. The number of anilines is 1. The van der Waals surface area contributed by atoms with Crippen molar-refractivity contribution < 1.29 is 4.79 Å². The first kappa shape index (κ1) is 14.2. The zero-order chi connectivity index (χ0) is 15.8. The normalized spacial score (nSPS) is 15.3. The molecule has 7 heteroatoms. The number of thiophene rings is 1. The van der Waals surface area contributed by atoms with E-state index in [1.165, 1.54) is 0 Å². The van der Waals surface area contributed by atoms with Gasteiger partial charge in [-0.25, -0.2) is 0 Å². The average molecular weight is 327 g/mol. The van der Waals surface area contributed by atoms with Gasteiger partial charge in [0.05, 0.1) is 5.56 Å². The van der Waals surface area contributed by atoms with Gasteiger partial charge < -0.3 is 9.80 Å². The number of amides is 1.